The summed E-state index contributed by atoms with van der Waals surface area (Å²) in [6.07, 6.45) is 1.80. The molecule has 0 aliphatic carbocycles. The van der Waals surface area contributed by atoms with E-state index < -0.39 is 0 Å². The van der Waals surface area contributed by atoms with E-state index in [0.717, 1.165) is 33.9 Å². The summed E-state index contributed by atoms with van der Waals surface area (Å²) in [5, 5.41) is 2.86. The third-order valence-corrected chi connectivity index (χ3v) is 5.01. The van der Waals surface area contributed by atoms with Gasteiger partial charge >= 0.3 is 0 Å². The Morgan fingerprint density at radius 3 is 2.20 bits per heavy atom. The molecule has 3 aromatic carbocycles. The van der Waals surface area contributed by atoms with Crippen LogP contribution < -0.4 is 10.1 Å². The molecule has 1 amide bonds. The van der Waals surface area contributed by atoms with Crippen LogP contribution in [0.3, 0.4) is 0 Å². The molecule has 0 unspecified atom stereocenters. The van der Waals surface area contributed by atoms with Crippen LogP contribution >= 0.6 is 0 Å². The normalized spacial score (nSPS) is 10.6. The lowest BCUT2D eigenvalue weighted by molar-refractivity contribution is -0.118. The average molecular weight is 397 g/mol. The number of nitrogens with one attached hydrogen (secondary N) is 1. The molecule has 0 aliphatic heterocycles. The van der Waals surface area contributed by atoms with Gasteiger partial charge in [-0.15, -0.1) is 0 Å². The first-order valence-corrected chi connectivity index (χ1v) is 9.79. The molecule has 5 nitrogen and oxygen atoms in total. The summed E-state index contributed by atoms with van der Waals surface area (Å²) >= 11 is 0. The van der Waals surface area contributed by atoms with E-state index in [9.17, 15) is 4.79 Å². The third kappa shape index (κ3) is 4.41. The molecule has 0 radical (unpaired) electrons. The molecule has 1 heterocycles. The number of anilines is 1. The second-order valence-electron chi connectivity index (χ2n) is 7.06. The quantitative estimate of drug-likeness (QED) is 0.488. The molecule has 0 fully saturated rings. The zero-order chi connectivity index (χ0) is 20.9. The van der Waals surface area contributed by atoms with Gasteiger partial charge in [0.25, 0.3) is 5.91 Å². The molecule has 150 valence electrons. The van der Waals surface area contributed by atoms with Gasteiger partial charge in [0.1, 0.15) is 5.75 Å². The number of aryl methyl sites for hydroxylation is 1. The second-order valence-corrected chi connectivity index (χ2v) is 7.06. The van der Waals surface area contributed by atoms with E-state index >= 15 is 0 Å². The molecule has 4 aromatic rings. The molecule has 0 saturated heterocycles. The van der Waals surface area contributed by atoms with Crippen molar-refractivity contribution in [2.24, 2.45) is 0 Å². The number of benzene rings is 3. The van der Waals surface area contributed by atoms with Crippen molar-refractivity contribution in [1.82, 2.24) is 9.55 Å². The molecule has 30 heavy (non-hydrogen) atoms. The van der Waals surface area contributed by atoms with Gasteiger partial charge in [0.15, 0.2) is 6.61 Å². The Hall–Kier alpha value is -3.86. The summed E-state index contributed by atoms with van der Waals surface area (Å²) in [5.41, 5.74) is 6.09. The van der Waals surface area contributed by atoms with Crippen LogP contribution in [0.15, 0.2) is 85.2 Å². The van der Waals surface area contributed by atoms with E-state index in [0.29, 0.717) is 5.75 Å². The van der Waals surface area contributed by atoms with E-state index in [-0.39, 0.29) is 12.5 Å². The molecule has 4 rings (SSSR count). The van der Waals surface area contributed by atoms with Gasteiger partial charge in [0.05, 0.1) is 12.0 Å². The number of amides is 1. The largest absolute Gasteiger partial charge is 0.484 e. The number of nitrogens with zero attached hydrogens (tertiary/aromatic N) is 2. The molecule has 0 atom stereocenters. The van der Waals surface area contributed by atoms with E-state index in [1.54, 1.807) is 6.33 Å². The molecule has 0 saturated carbocycles. The van der Waals surface area contributed by atoms with Crippen LogP contribution in [0.25, 0.3) is 16.8 Å². The Bertz CT molecular complexity index is 1130. The number of aromatic nitrogens is 2. The Morgan fingerprint density at radius 1 is 0.900 bits per heavy atom. The minimum Gasteiger partial charge on any atom is -0.484 e. The number of carbonyl (C=O) groups excluding carboxylic acids is 1. The maximum atomic E-state index is 12.2. The van der Waals surface area contributed by atoms with E-state index in [4.69, 9.17) is 4.74 Å². The molecule has 5 heteroatoms. The first kappa shape index (κ1) is 19.5. The lowest BCUT2D eigenvalue weighted by Crippen LogP contribution is -2.20. The van der Waals surface area contributed by atoms with Crippen molar-refractivity contribution in [3.63, 3.8) is 0 Å². The number of hydrogen-bond acceptors (Lipinski definition) is 3. The van der Waals surface area contributed by atoms with Crippen molar-refractivity contribution in [3.8, 4) is 22.6 Å². The van der Waals surface area contributed by atoms with Crippen LogP contribution in [-0.4, -0.2) is 22.1 Å². The SMILES string of the molecule is Cc1ncn(-c2ccc(OCC(=O)Nc3ccc(-c4ccccc4)cc3)cc2)c1C. The van der Waals surface area contributed by atoms with Crippen LogP contribution in [-0.2, 0) is 4.79 Å². The Kier molecular flexibility index (Phi) is 5.61. The van der Waals surface area contributed by atoms with Gasteiger partial charge in [0.2, 0.25) is 0 Å². The van der Waals surface area contributed by atoms with Crippen molar-refractivity contribution in [1.29, 1.82) is 0 Å². The first-order chi connectivity index (χ1) is 14.6. The molecule has 0 spiro atoms. The monoisotopic (exact) mass is 397 g/mol. The lowest BCUT2D eigenvalue weighted by Gasteiger charge is -2.10. The highest BCUT2D eigenvalue weighted by Gasteiger charge is 2.07. The highest BCUT2D eigenvalue weighted by molar-refractivity contribution is 5.92. The fraction of sp³-hybridized carbons (Fsp3) is 0.120. The zero-order valence-electron chi connectivity index (χ0n) is 17.0. The van der Waals surface area contributed by atoms with Gasteiger partial charge in [0, 0.05) is 17.1 Å². The Labute approximate surface area is 176 Å². The smallest absolute Gasteiger partial charge is 0.262 e. The standard InChI is InChI=1S/C25H23N3O2/c1-18-19(2)28(17-26-18)23-12-14-24(15-13-23)30-16-25(29)27-22-10-8-21(9-11-22)20-6-4-3-5-7-20/h3-15,17H,16H2,1-2H3,(H,27,29). The molecule has 1 aromatic heterocycles. The predicted molar refractivity (Wildman–Crippen MR) is 119 cm³/mol. The highest BCUT2D eigenvalue weighted by atomic mass is 16.5. The van der Waals surface area contributed by atoms with Crippen molar-refractivity contribution < 1.29 is 9.53 Å². The van der Waals surface area contributed by atoms with Crippen LogP contribution in [0.2, 0.25) is 0 Å². The van der Waals surface area contributed by atoms with Gasteiger partial charge in [-0.2, -0.15) is 0 Å². The number of imidazole rings is 1. The maximum Gasteiger partial charge on any atom is 0.262 e. The van der Waals surface area contributed by atoms with Crippen molar-refractivity contribution in [3.05, 3.63) is 96.6 Å². The number of carbonyl (C=O) groups is 1. The lowest BCUT2D eigenvalue weighted by atomic mass is 10.1. The molecular weight excluding hydrogens is 374 g/mol. The van der Waals surface area contributed by atoms with Gasteiger partial charge < -0.3 is 14.6 Å². The Balaban J connectivity index is 1.32. The Morgan fingerprint density at radius 2 is 1.57 bits per heavy atom. The fourth-order valence-corrected chi connectivity index (χ4v) is 3.18. The molecule has 0 bridgehead atoms. The minimum absolute atomic E-state index is 0.0526. The molecular formula is C25H23N3O2. The van der Waals surface area contributed by atoms with E-state index in [1.165, 1.54) is 0 Å². The summed E-state index contributed by atoms with van der Waals surface area (Å²) < 4.78 is 7.64. The van der Waals surface area contributed by atoms with Crippen LogP contribution in [0.4, 0.5) is 5.69 Å². The van der Waals surface area contributed by atoms with Crippen molar-refractivity contribution >= 4 is 11.6 Å². The van der Waals surface area contributed by atoms with E-state index in [1.807, 2.05) is 85.1 Å². The summed E-state index contributed by atoms with van der Waals surface area (Å²) in [7, 11) is 0. The second kappa shape index (κ2) is 8.66. The van der Waals surface area contributed by atoms with Crippen LogP contribution in [0.5, 0.6) is 5.75 Å². The van der Waals surface area contributed by atoms with Gasteiger partial charge in [-0.3, -0.25) is 4.79 Å². The predicted octanol–water partition coefficient (Wildman–Crippen LogP) is 5.17. The van der Waals surface area contributed by atoms with E-state index in [2.05, 4.69) is 22.4 Å². The number of ether oxygens (including phenoxy) is 1. The maximum absolute atomic E-state index is 12.2. The van der Waals surface area contributed by atoms with Crippen LogP contribution in [0, 0.1) is 13.8 Å². The minimum atomic E-state index is -0.201. The summed E-state index contributed by atoms with van der Waals surface area (Å²) in [6.45, 7) is 3.96. The average Bonchev–Trinajstić information content (AvgIpc) is 3.12. The summed E-state index contributed by atoms with van der Waals surface area (Å²) in [6, 6.07) is 25.5. The number of rotatable bonds is 6. The summed E-state index contributed by atoms with van der Waals surface area (Å²) in [4.78, 5) is 16.5. The van der Waals surface area contributed by atoms with Crippen molar-refractivity contribution in [2.75, 3.05) is 11.9 Å². The van der Waals surface area contributed by atoms with Gasteiger partial charge in [-0.05, 0) is 61.4 Å². The van der Waals surface area contributed by atoms with Crippen molar-refractivity contribution in [2.45, 2.75) is 13.8 Å². The molecule has 0 aliphatic rings. The third-order valence-electron chi connectivity index (χ3n) is 5.01. The zero-order valence-corrected chi connectivity index (χ0v) is 17.0. The number of hydrogen-bond donors (Lipinski definition) is 1. The fourth-order valence-electron chi connectivity index (χ4n) is 3.18. The van der Waals surface area contributed by atoms with Crippen LogP contribution in [0.1, 0.15) is 11.4 Å². The van der Waals surface area contributed by atoms with Gasteiger partial charge in [-0.1, -0.05) is 42.5 Å². The summed E-state index contributed by atoms with van der Waals surface area (Å²) in [5.74, 6) is 0.440. The van der Waals surface area contributed by atoms with Gasteiger partial charge in [-0.25, -0.2) is 4.98 Å². The topological polar surface area (TPSA) is 56.2 Å². The first-order valence-electron chi connectivity index (χ1n) is 9.79. The highest BCUT2D eigenvalue weighted by Crippen LogP contribution is 2.21. The molecule has 1 N–H and O–H groups in total.